The second kappa shape index (κ2) is 4.72. The lowest BCUT2D eigenvalue weighted by Gasteiger charge is -2.26. The molecule has 0 amide bonds. The molecule has 0 saturated carbocycles. The Bertz CT molecular complexity index is 668. The number of aromatic carboxylic acids is 1. The van der Waals surface area contributed by atoms with Crippen LogP contribution in [0.1, 0.15) is 16.2 Å². The number of rotatable bonds is 2. The molecule has 102 valence electrons. The Labute approximate surface area is 120 Å². The van der Waals surface area contributed by atoms with Gasteiger partial charge in [0.05, 0.1) is 11.7 Å². The SMILES string of the molecule is CN1N=CC2C=C(c3cc(C(=O)O)ncn3)C=C(Cl)C21. The van der Waals surface area contributed by atoms with Gasteiger partial charge in [-0.25, -0.2) is 14.8 Å². The summed E-state index contributed by atoms with van der Waals surface area (Å²) < 4.78 is 0. The molecule has 2 aliphatic rings. The number of hydrogen-bond acceptors (Lipinski definition) is 5. The third-order valence-corrected chi connectivity index (χ3v) is 3.65. The van der Waals surface area contributed by atoms with Gasteiger partial charge in [-0.1, -0.05) is 17.7 Å². The molecule has 6 nitrogen and oxygen atoms in total. The van der Waals surface area contributed by atoms with Gasteiger partial charge in [0.15, 0.2) is 5.69 Å². The summed E-state index contributed by atoms with van der Waals surface area (Å²) in [6.07, 6.45) is 6.83. The molecule has 7 heteroatoms. The van der Waals surface area contributed by atoms with Gasteiger partial charge < -0.3 is 5.11 Å². The summed E-state index contributed by atoms with van der Waals surface area (Å²) in [5.74, 6) is -1.02. The van der Waals surface area contributed by atoms with Crippen LogP contribution in [0.2, 0.25) is 0 Å². The minimum absolute atomic E-state index is 0.0150. The molecule has 1 N–H and O–H groups in total. The summed E-state index contributed by atoms with van der Waals surface area (Å²) in [5.41, 5.74) is 1.28. The zero-order valence-corrected chi connectivity index (χ0v) is 11.3. The molecule has 2 atom stereocenters. The topological polar surface area (TPSA) is 78.7 Å². The van der Waals surface area contributed by atoms with Crippen LogP contribution in [0, 0.1) is 5.92 Å². The van der Waals surface area contributed by atoms with E-state index in [1.807, 2.05) is 19.3 Å². The second-order valence-electron chi connectivity index (χ2n) is 4.61. The highest BCUT2D eigenvalue weighted by Gasteiger charge is 2.33. The van der Waals surface area contributed by atoms with E-state index in [4.69, 9.17) is 16.7 Å². The molecule has 2 unspecified atom stereocenters. The van der Waals surface area contributed by atoms with Crippen molar-refractivity contribution in [1.82, 2.24) is 15.0 Å². The summed E-state index contributed by atoms with van der Waals surface area (Å²) in [4.78, 5) is 18.8. The van der Waals surface area contributed by atoms with Crippen molar-refractivity contribution < 1.29 is 9.90 Å². The maximum Gasteiger partial charge on any atom is 0.354 e. The molecule has 0 fully saturated rings. The lowest BCUT2D eigenvalue weighted by atomic mass is 9.91. The second-order valence-corrected chi connectivity index (χ2v) is 5.04. The molecule has 1 aromatic rings. The highest BCUT2D eigenvalue weighted by Crippen LogP contribution is 2.34. The molecule has 0 radical (unpaired) electrons. The van der Waals surface area contributed by atoms with E-state index in [1.54, 1.807) is 11.1 Å². The first-order valence-electron chi connectivity index (χ1n) is 5.98. The maximum atomic E-state index is 10.9. The van der Waals surface area contributed by atoms with Gasteiger partial charge in [0.25, 0.3) is 0 Å². The number of hydrogen-bond donors (Lipinski definition) is 1. The number of aromatic nitrogens is 2. The van der Waals surface area contributed by atoms with E-state index in [1.165, 1.54) is 12.4 Å². The van der Waals surface area contributed by atoms with E-state index in [-0.39, 0.29) is 17.7 Å². The Morgan fingerprint density at radius 2 is 2.25 bits per heavy atom. The minimum atomic E-state index is -1.08. The van der Waals surface area contributed by atoms with Crippen molar-refractivity contribution in [3.63, 3.8) is 0 Å². The third kappa shape index (κ3) is 2.08. The van der Waals surface area contributed by atoms with Crippen LogP contribution in [0.4, 0.5) is 0 Å². The number of likely N-dealkylation sites (N-methyl/N-ethyl adjacent to an activating group) is 1. The Kier molecular flexibility index (Phi) is 3.02. The minimum Gasteiger partial charge on any atom is -0.477 e. The zero-order chi connectivity index (χ0) is 14.3. The number of carboxylic acid groups (broad SMARTS) is 1. The number of nitrogens with zero attached hydrogens (tertiary/aromatic N) is 4. The van der Waals surface area contributed by atoms with Crippen LogP contribution in [-0.4, -0.2) is 45.4 Å². The molecule has 1 aromatic heterocycles. The first kappa shape index (κ1) is 12.8. The summed E-state index contributed by atoms with van der Waals surface area (Å²) in [7, 11) is 1.86. The Morgan fingerprint density at radius 1 is 1.45 bits per heavy atom. The molecule has 2 heterocycles. The summed E-state index contributed by atoms with van der Waals surface area (Å²) in [5, 5.41) is 15.6. The van der Waals surface area contributed by atoms with Crippen molar-refractivity contribution in [1.29, 1.82) is 0 Å². The smallest absolute Gasteiger partial charge is 0.354 e. The van der Waals surface area contributed by atoms with Gasteiger partial charge in [0, 0.05) is 24.2 Å². The predicted octanol–water partition coefficient (Wildman–Crippen LogP) is 1.61. The van der Waals surface area contributed by atoms with Crippen LogP contribution in [0.5, 0.6) is 0 Å². The van der Waals surface area contributed by atoms with Gasteiger partial charge in [-0.05, 0) is 17.7 Å². The van der Waals surface area contributed by atoms with Crippen molar-refractivity contribution >= 4 is 29.4 Å². The highest BCUT2D eigenvalue weighted by molar-refractivity contribution is 6.31. The first-order chi connectivity index (χ1) is 9.56. The molecule has 1 aliphatic carbocycles. The van der Waals surface area contributed by atoms with Gasteiger partial charge in [-0.15, -0.1) is 0 Å². The predicted molar refractivity (Wildman–Crippen MR) is 74.4 cm³/mol. The molecule has 20 heavy (non-hydrogen) atoms. The fourth-order valence-corrected chi connectivity index (χ4v) is 2.77. The maximum absolute atomic E-state index is 10.9. The van der Waals surface area contributed by atoms with Crippen LogP contribution < -0.4 is 0 Å². The van der Waals surface area contributed by atoms with E-state index in [2.05, 4.69) is 15.1 Å². The molecular weight excluding hydrogens is 280 g/mol. The quantitative estimate of drug-likeness (QED) is 0.895. The zero-order valence-electron chi connectivity index (χ0n) is 10.6. The van der Waals surface area contributed by atoms with Crippen LogP contribution >= 0.6 is 11.6 Å². The van der Waals surface area contributed by atoms with Crippen molar-refractivity contribution in [3.05, 3.63) is 41.0 Å². The van der Waals surface area contributed by atoms with Crippen LogP contribution in [0.3, 0.4) is 0 Å². The standard InChI is InChI=1S/C13H11ClN4O2/c1-18-12-8(5-17-18)2-7(3-9(12)14)10-4-11(13(19)20)16-6-15-10/h2-6,8,12H,1H3,(H,19,20). The summed E-state index contributed by atoms with van der Waals surface area (Å²) in [6.45, 7) is 0. The third-order valence-electron chi connectivity index (χ3n) is 3.32. The van der Waals surface area contributed by atoms with E-state index in [0.717, 1.165) is 5.57 Å². The summed E-state index contributed by atoms with van der Waals surface area (Å²) >= 11 is 6.30. The number of hydrazone groups is 1. The Hall–Kier alpha value is -2.21. The largest absolute Gasteiger partial charge is 0.477 e. The highest BCUT2D eigenvalue weighted by atomic mass is 35.5. The molecule has 0 bridgehead atoms. The van der Waals surface area contributed by atoms with E-state index >= 15 is 0 Å². The normalized spacial score (nSPS) is 24.2. The monoisotopic (exact) mass is 290 g/mol. The van der Waals surface area contributed by atoms with Crippen molar-refractivity contribution in [2.75, 3.05) is 7.05 Å². The lowest BCUT2D eigenvalue weighted by molar-refractivity contribution is 0.0690. The Balaban J connectivity index is 1.99. The van der Waals surface area contributed by atoms with Gasteiger partial charge in [0.2, 0.25) is 0 Å². The van der Waals surface area contributed by atoms with Crippen molar-refractivity contribution in [3.8, 4) is 0 Å². The lowest BCUT2D eigenvalue weighted by Crippen LogP contribution is -2.30. The van der Waals surface area contributed by atoms with Crippen LogP contribution in [0.15, 0.2) is 34.7 Å². The van der Waals surface area contributed by atoms with Gasteiger partial charge >= 0.3 is 5.97 Å². The average molecular weight is 291 g/mol. The van der Waals surface area contributed by atoms with E-state index < -0.39 is 5.97 Å². The number of carbonyl (C=O) groups is 1. The Morgan fingerprint density at radius 3 is 3.00 bits per heavy atom. The van der Waals surface area contributed by atoms with E-state index in [9.17, 15) is 4.79 Å². The van der Waals surface area contributed by atoms with Crippen molar-refractivity contribution in [2.24, 2.45) is 11.0 Å². The van der Waals surface area contributed by atoms with Crippen LogP contribution in [-0.2, 0) is 0 Å². The molecule has 0 spiro atoms. The molecule has 0 aromatic carbocycles. The molecule has 3 rings (SSSR count). The number of allylic oxidation sites excluding steroid dienone is 2. The van der Waals surface area contributed by atoms with Gasteiger partial charge in [-0.2, -0.15) is 5.10 Å². The van der Waals surface area contributed by atoms with Gasteiger partial charge in [-0.3, -0.25) is 5.01 Å². The van der Waals surface area contributed by atoms with Crippen molar-refractivity contribution in [2.45, 2.75) is 6.04 Å². The fraction of sp³-hybridized carbons (Fsp3) is 0.231. The van der Waals surface area contributed by atoms with Gasteiger partial charge in [0.1, 0.15) is 6.33 Å². The summed E-state index contributed by atoms with van der Waals surface area (Å²) in [6, 6.07) is 1.45. The van der Waals surface area contributed by atoms with E-state index in [0.29, 0.717) is 10.7 Å². The molecule has 0 saturated heterocycles. The van der Waals surface area contributed by atoms with Crippen LogP contribution in [0.25, 0.3) is 5.57 Å². The molecule has 1 aliphatic heterocycles. The molecular formula is C13H11ClN4O2. The number of fused-ring (bicyclic) bond motifs is 1. The number of halogens is 1. The first-order valence-corrected chi connectivity index (χ1v) is 6.35. The fourth-order valence-electron chi connectivity index (χ4n) is 2.36. The number of carboxylic acids is 1. The average Bonchev–Trinajstić information content (AvgIpc) is 2.81.